The lowest BCUT2D eigenvalue weighted by atomic mass is 9.87. The van der Waals surface area contributed by atoms with Gasteiger partial charge in [0.05, 0.1) is 31.1 Å². The van der Waals surface area contributed by atoms with E-state index < -0.39 is 18.0 Å². The molecule has 0 spiro atoms. The van der Waals surface area contributed by atoms with Crippen molar-refractivity contribution in [1.82, 2.24) is 24.4 Å². The monoisotopic (exact) mass is 459 g/mol. The predicted octanol–water partition coefficient (Wildman–Crippen LogP) is 3.70. The molecule has 5 rings (SSSR count). The van der Waals surface area contributed by atoms with Crippen LogP contribution >= 0.6 is 0 Å². The zero-order valence-corrected chi connectivity index (χ0v) is 18.5. The second kappa shape index (κ2) is 9.05. The molecule has 1 aliphatic carbocycles. The van der Waals surface area contributed by atoms with E-state index in [1.54, 1.807) is 10.9 Å². The van der Waals surface area contributed by atoms with Crippen molar-refractivity contribution in [3.63, 3.8) is 0 Å². The highest BCUT2D eigenvalue weighted by Crippen LogP contribution is 2.34. The number of carbonyl (C=O) groups excluding carboxylic acids is 1. The number of hydrogen-bond donors (Lipinski definition) is 1. The summed E-state index contributed by atoms with van der Waals surface area (Å²) in [6.45, 7) is 4.83. The van der Waals surface area contributed by atoms with Gasteiger partial charge in [0.15, 0.2) is 11.3 Å². The molecule has 1 saturated heterocycles. The van der Waals surface area contributed by atoms with Gasteiger partial charge in [0.2, 0.25) is 0 Å². The smallest absolute Gasteiger partial charge is 0.284 e. The normalized spacial score (nSPS) is 21.6. The van der Waals surface area contributed by atoms with Crippen molar-refractivity contribution in [3.05, 3.63) is 35.9 Å². The van der Waals surface area contributed by atoms with Crippen molar-refractivity contribution in [2.45, 2.75) is 45.1 Å². The summed E-state index contributed by atoms with van der Waals surface area (Å²) in [6.07, 6.45) is 5.72. The molecule has 3 aromatic heterocycles. The van der Waals surface area contributed by atoms with Crippen LogP contribution in [0.5, 0.6) is 0 Å². The fourth-order valence-corrected chi connectivity index (χ4v) is 4.53. The van der Waals surface area contributed by atoms with E-state index in [4.69, 9.17) is 4.74 Å². The van der Waals surface area contributed by atoms with Gasteiger partial charge in [-0.25, -0.2) is 18.3 Å². The number of morpholine rings is 1. The molecule has 1 N–H and O–H groups in total. The van der Waals surface area contributed by atoms with Crippen LogP contribution in [0, 0.1) is 5.92 Å². The third-order valence-corrected chi connectivity index (χ3v) is 6.51. The highest BCUT2D eigenvalue weighted by atomic mass is 19.3. The Kier molecular flexibility index (Phi) is 5.96. The van der Waals surface area contributed by atoms with E-state index in [2.05, 4.69) is 32.3 Å². The van der Waals surface area contributed by atoms with Gasteiger partial charge < -0.3 is 15.0 Å². The molecule has 11 heteroatoms. The summed E-state index contributed by atoms with van der Waals surface area (Å²) in [7, 11) is 0. The summed E-state index contributed by atoms with van der Waals surface area (Å²) >= 11 is 0. The molecule has 2 aliphatic rings. The number of anilines is 2. The number of hydrogen-bond acceptors (Lipinski definition) is 6. The molecule has 0 bridgehead atoms. The molecule has 3 aromatic rings. The fourth-order valence-electron chi connectivity index (χ4n) is 4.53. The van der Waals surface area contributed by atoms with Crippen LogP contribution in [0.4, 0.5) is 20.3 Å². The van der Waals surface area contributed by atoms with Gasteiger partial charge >= 0.3 is 0 Å². The summed E-state index contributed by atoms with van der Waals surface area (Å²) in [4.78, 5) is 19.7. The number of nitrogens with one attached hydrogen (secondary N) is 1. The number of alkyl halides is 2. The van der Waals surface area contributed by atoms with Crippen molar-refractivity contribution < 1.29 is 18.3 Å². The Balaban J connectivity index is 1.40. The van der Waals surface area contributed by atoms with Crippen LogP contribution in [-0.4, -0.2) is 56.6 Å². The quantitative estimate of drug-likeness (QED) is 0.626. The van der Waals surface area contributed by atoms with Gasteiger partial charge in [0, 0.05) is 25.5 Å². The van der Waals surface area contributed by atoms with E-state index >= 15 is 0 Å². The van der Waals surface area contributed by atoms with Gasteiger partial charge in [-0.2, -0.15) is 10.2 Å². The maximum Gasteiger partial charge on any atom is 0.284 e. The van der Waals surface area contributed by atoms with Crippen molar-refractivity contribution >= 4 is 23.1 Å². The maximum atomic E-state index is 13.7. The average molecular weight is 460 g/mol. The third-order valence-electron chi connectivity index (χ3n) is 6.51. The minimum absolute atomic E-state index is 0.0253. The molecule has 1 saturated carbocycles. The van der Waals surface area contributed by atoms with Crippen LogP contribution in [0.3, 0.4) is 0 Å². The molecule has 33 heavy (non-hydrogen) atoms. The minimum Gasteiger partial charge on any atom is -0.378 e. The van der Waals surface area contributed by atoms with Gasteiger partial charge in [0.25, 0.3) is 12.3 Å². The standard InChI is InChI=1S/C22H27F2N7O2/c1-14-2-4-15(5-3-14)31-13-17(19(28-31)20(23)24)26-22(32)16-12-25-30-7-6-18(27-21(16)30)29-8-10-33-11-9-29/h6-7,12-15,20H,2-5,8-11H2,1H3,(H,26,32). The average Bonchev–Trinajstić information content (AvgIpc) is 3.44. The van der Waals surface area contributed by atoms with Crippen LogP contribution in [0.15, 0.2) is 24.7 Å². The van der Waals surface area contributed by atoms with Crippen LogP contribution in [0.1, 0.15) is 61.1 Å². The summed E-state index contributed by atoms with van der Waals surface area (Å²) in [6, 6.07) is 1.90. The van der Waals surface area contributed by atoms with E-state index in [0.717, 1.165) is 25.7 Å². The summed E-state index contributed by atoms with van der Waals surface area (Å²) in [5.74, 6) is 0.805. The minimum atomic E-state index is -2.79. The van der Waals surface area contributed by atoms with Gasteiger partial charge in [-0.3, -0.25) is 9.48 Å². The number of carbonyl (C=O) groups is 1. The molecule has 1 amide bonds. The van der Waals surface area contributed by atoms with Crippen LogP contribution in [0.25, 0.3) is 5.65 Å². The molecule has 2 fully saturated rings. The molecule has 4 heterocycles. The van der Waals surface area contributed by atoms with Crippen molar-refractivity contribution in [2.75, 3.05) is 36.5 Å². The largest absolute Gasteiger partial charge is 0.378 e. The van der Waals surface area contributed by atoms with E-state index in [-0.39, 0.29) is 17.3 Å². The Labute approximate surface area is 189 Å². The summed E-state index contributed by atoms with van der Waals surface area (Å²) in [5, 5.41) is 10.9. The molecule has 0 radical (unpaired) electrons. The Hall–Kier alpha value is -3.08. The lowest BCUT2D eigenvalue weighted by molar-refractivity contribution is 0.102. The first-order valence-corrected chi connectivity index (χ1v) is 11.3. The van der Waals surface area contributed by atoms with E-state index in [9.17, 15) is 13.6 Å². The Morgan fingerprint density at radius 2 is 1.97 bits per heavy atom. The predicted molar refractivity (Wildman–Crippen MR) is 118 cm³/mol. The molecular formula is C22H27F2N7O2. The topological polar surface area (TPSA) is 89.6 Å². The zero-order chi connectivity index (χ0) is 22.9. The number of halogens is 2. The summed E-state index contributed by atoms with van der Waals surface area (Å²) < 4.78 is 35.9. The van der Waals surface area contributed by atoms with Crippen molar-refractivity contribution in [3.8, 4) is 0 Å². The number of amides is 1. The van der Waals surface area contributed by atoms with E-state index in [1.807, 2.05) is 6.07 Å². The number of ether oxygens (including phenoxy) is 1. The highest BCUT2D eigenvalue weighted by Gasteiger charge is 2.26. The molecule has 0 aromatic carbocycles. The van der Waals surface area contributed by atoms with Gasteiger partial charge in [-0.05, 0) is 37.7 Å². The zero-order valence-electron chi connectivity index (χ0n) is 18.5. The van der Waals surface area contributed by atoms with Crippen molar-refractivity contribution in [1.29, 1.82) is 0 Å². The second-order valence-electron chi connectivity index (χ2n) is 8.79. The summed E-state index contributed by atoms with van der Waals surface area (Å²) in [5.41, 5.74) is 0.186. The number of rotatable bonds is 5. The van der Waals surface area contributed by atoms with Crippen LogP contribution < -0.4 is 10.2 Å². The van der Waals surface area contributed by atoms with Gasteiger partial charge in [-0.15, -0.1) is 0 Å². The van der Waals surface area contributed by atoms with Crippen LogP contribution in [0.2, 0.25) is 0 Å². The molecule has 0 atom stereocenters. The first-order chi connectivity index (χ1) is 16.0. The second-order valence-corrected chi connectivity index (χ2v) is 8.79. The lowest BCUT2D eigenvalue weighted by Gasteiger charge is -2.27. The number of fused-ring (bicyclic) bond motifs is 1. The fraction of sp³-hybridized carbons (Fsp3) is 0.545. The molecule has 1 aliphatic heterocycles. The number of nitrogens with zero attached hydrogens (tertiary/aromatic N) is 6. The first kappa shape index (κ1) is 21.7. The lowest BCUT2D eigenvalue weighted by Crippen LogP contribution is -2.36. The first-order valence-electron chi connectivity index (χ1n) is 11.3. The van der Waals surface area contributed by atoms with Gasteiger partial charge in [0.1, 0.15) is 11.4 Å². The number of aromatic nitrogens is 5. The third kappa shape index (κ3) is 4.41. The van der Waals surface area contributed by atoms with E-state index in [1.165, 1.54) is 16.9 Å². The highest BCUT2D eigenvalue weighted by molar-refractivity contribution is 6.08. The van der Waals surface area contributed by atoms with Crippen LogP contribution in [-0.2, 0) is 4.74 Å². The Morgan fingerprint density at radius 1 is 1.21 bits per heavy atom. The van der Waals surface area contributed by atoms with Gasteiger partial charge in [-0.1, -0.05) is 6.92 Å². The maximum absolute atomic E-state index is 13.7. The molecule has 176 valence electrons. The SMILES string of the molecule is CC1CCC(n2cc(NC(=O)c3cnn4ccc(N5CCOCC5)nc34)c(C(F)F)n2)CC1. The molecular weight excluding hydrogens is 432 g/mol. The molecule has 9 nitrogen and oxygen atoms in total. The molecule has 0 unspecified atom stereocenters. The Morgan fingerprint density at radius 3 is 2.70 bits per heavy atom. The van der Waals surface area contributed by atoms with Crippen molar-refractivity contribution in [2.24, 2.45) is 5.92 Å². The van der Waals surface area contributed by atoms with E-state index in [0.29, 0.717) is 43.7 Å². The Bertz CT molecular complexity index is 1130.